The van der Waals surface area contributed by atoms with E-state index in [9.17, 15) is 14.0 Å². The highest BCUT2D eigenvalue weighted by Gasteiger charge is 2.15. The van der Waals surface area contributed by atoms with E-state index in [2.05, 4.69) is 20.6 Å². The van der Waals surface area contributed by atoms with Crippen molar-refractivity contribution in [3.8, 4) is 0 Å². The molecule has 0 unspecified atom stereocenters. The molecule has 0 atom stereocenters. The van der Waals surface area contributed by atoms with Crippen LogP contribution in [0.25, 0.3) is 0 Å². The van der Waals surface area contributed by atoms with Crippen LogP contribution in [0.1, 0.15) is 26.7 Å². The Kier molecular flexibility index (Phi) is 5.59. The molecule has 1 heterocycles. The van der Waals surface area contributed by atoms with Crippen LogP contribution in [0, 0.1) is 12.7 Å². The van der Waals surface area contributed by atoms with Gasteiger partial charge in [0.25, 0.3) is 5.91 Å². The van der Waals surface area contributed by atoms with Gasteiger partial charge in [0.05, 0.1) is 24.0 Å². The predicted molar refractivity (Wildman–Crippen MR) is 102 cm³/mol. The van der Waals surface area contributed by atoms with E-state index < -0.39 is 17.7 Å². The number of benzene rings is 2. The minimum absolute atomic E-state index is 0.0498. The lowest BCUT2D eigenvalue weighted by molar-refractivity contribution is 0.0601. The van der Waals surface area contributed by atoms with Gasteiger partial charge in [-0.3, -0.25) is 4.79 Å². The maximum absolute atomic E-state index is 13.8. The van der Waals surface area contributed by atoms with Crippen molar-refractivity contribution in [2.45, 2.75) is 6.92 Å². The molecule has 0 saturated heterocycles. The smallest absolute Gasteiger partial charge is 0.339 e. The second-order valence-corrected chi connectivity index (χ2v) is 5.78. The van der Waals surface area contributed by atoms with Crippen molar-refractivity contribution in [3.05, 3.63) is 77.5 Å². The molecule has 1 amide bonds. The third-order valence-corrected chi connectivity index (χ3v) is 3.79. The second-order valence-electron chi connectivity index (χ2n) is 5.78. The molecule has 142 valence electrons. The molecular formula is C20H17FN4O3. The number of aromatic nitrogens is 2. The Morgan fingerprint density at radius 3 is 2.39 bits per heavy atom. The van der Waals surface area contributed by atoms with Crippen LogP contribution >= 0.6 is 0 Å². The summed E-state index contributed by atoms with van der Waals surface area (Å²) in [7, 11) is 1.29. The molecule has 1 aromatic heterocycles. The summed E-state index contributed by atoms with van der Waals surface area (Å²) in [5.41, 5.74) is 0.884. The number of esters is 1. The molecular weight excluding hydrogens is 363 g/mol. The number of anilines is 3. The van der Waals surface area contributed by atoms with E-state index >= 15 is 0 Å². The molecule has 0 aliphatic heterocycles. The molecule has 0 bridgehead atoms. The van der Waals surface area contributed by atoms with Gasteiger partial charge >= 0.3 is 5.97 Å². The van der Waals surface area contributed by atoms with E-state index in [4.69, 9.17) is 4.74 Å². The Balaban J connectivity index is 1.87. The minimum Gasteiger partial charge on any atom is -0.465 e. The maximum atomic E-state index is 13.8. The maximum Gasteiger partial charge on any atom is 0.339 e. The Bertz CT molecular complexity index is 1040. The van der Waals surface area contributed by atoms with Crippen LogP contribution < -0.4 is 10.6 Å². The van der Waals surface area contributed by atoms with Crippen molar-refractivity contribution in [2.75, 3.05) is 17.7 Å². The normalized spacial score (nSPS) is 10.2. The van der Waals surface area contributed by atoms with Crippen molar-refractivity contribution < 1.29 is 18.7 Å². The van der Waals surface area contributed by atoms with E-state index in [0.717, 1.165) is 0 Å². The van der Waals surface area contributed by atoms with Gasteiger partial charge in [0.2, 0.25) is 0 Å². The number of rotatable bonds is 5. The topological polar surface area (TPSA) is 93.2 Å². The number of halogens is 1. The summed E-state index contributed by atoms with van der Waals surface area (Å²) in [5, 5.41) is 5.47. The monoisotopic (exact) mass is 380 g/mol. The van der Waals surface area contributed by atoms with Gasteiger partial charge in [-0.2, -0.15) is 0 Å². The number of amides is 1. The first kappa shape index (κ1) is 19.0. The zero-order valence-electron chi connectivity index (χ0n) is 15.2. The molecule has 8 heteroatoms. The molecule has 28 heavy (non-hydrogen) atoms. The van der Waals surface area contributed by atoms with E-state index in [1.54, 1.807) is 37.3 Å². The van der Waals surface area contributed by atoms with Crippen molar-refractivity contribution in [1.29, 1.82) is 0 Å². The predicted octanol–water partition coefficient (Wildman–Crippen LogP) is 3.71. The molecule has 3 aromatic rings. The van der Waals surface area contributed by atoms with Crippen LogP contribution in [-0.2, 0) is 4.74 Å². The fourth-order valence-corrected chi connectivity index (χ4v) is 2.52. The minimum atomic E-state index is -0.583. The first-order valence-electron chi connectivity index (χ1n) is 8.34. The Morgan fingerprint density at radius 2 is 1.68 bits per heavy atom. The first-order valence-corrected chi connectivity index (χ1v) is 8.34. The lowest BCUT2D eigenvalue weighted by Gasteiger charge is -2.12. The number of methoxy groups -OCH3 is 1. The van der Waals surface area contributed by atoms with Gasteiger partial charge in [0, 0.05) is 6.07 Å². The number of aryl methyl sites for hydroxylation is 1. The lowest BCUT2D eigenvalue weighted by atomic mass is 10.2. The summed E-state index contributed by atoms with van der Waals surface area (Å²) in [5.74, 6) is -1.000. The van der Waals surface area contributed by atoms with E-state index in [1.807, 2.05) is 0 Å². The molecule has 0 aliphatic rings. The fourth-order valence-electron chi connectivity index (χ4n) is 2.52. The standard InChI is InChI=1S/C20H17FN4O3/c1-12-22-17(19(26)25-16-10-6-4-8-14(16)21)11-18(23-12)24-15-9-5-3-7-13(15)20(27)28-2/h3-11H,1-2H3,(H,25,26)(H,22,23,24). The molecule has 0 fully saturated rings. The molecule has 3 rings (SSSR count). The summed E-state index contributed by atoms with van der Waals surface area (Å²) in [4.78, 5) is 32.7. The number of hydrogen-bond acceptors (Lipinski definition) is 6. The summed E-state index contributed by atoms with van der Waals surface area (Å²) in [6, 6.07) is 14.0. The number of carbonyl (C=O) groups excluding carboxylic acids is 2. The summed E-state index contributed by atoms with van der Waals surface area (Å²) in [6.45, 7) is 1.62. The van der Waals surface area contributed by atoms with Gasteiger partial charge in [-0.15, -0.1) is 0 Å². The highest BCUT2D eigenvalue weighted by atomic mass is 19.1. The van der Waals surface area contributed by atoms with E-state index in [1.165, 1.54) is 31.4 Å². The molecule has 7 nitrogen and oxygen atoms in total. The quantitative estimate of drug-likeness (QED) is 0.656. The van der Waals surface area contributed by atoms with Crippen molar-refractivity contribution >= 4 is 29.1 Å². The van der Waals surface area contributed by atoms with Crippen LogP contribution in [0.2, 0.25) is 0 Å². The number of hydrogen-bond donors (Lipinski definition) is 2. The number of para-hydroxylation sites is 2. The Hall–Kier alpha value is -3.81. The van der Waals surface area contributed by atoms with Gasteiger partial charge in [-0.05, 0) is 31.2 Å². The number of nitrogens with one attached hydrogen (secondary N) is 2. The molecule has 2 aromatic carbocycles. The van der Waals surface area contributed by atoms with Crippen molar-refractivity contribution in [2.24, 2.45) is 0 Å². The number of ether oxygens (including phenoxy) is 1. The molecule has 0 saturated carbocycles. The largest absolute Gasteiger partial charge is 0.465 e. The second kappa shape index (κ2) is 8.26. The summed E-state index contributed by atoms with van der Waals surface area (Å²) in [6.07, 6.45) is 0. The van der Waals surface area contributed by atoms with Gasteiger partial charge in [0.1, 0.15) is 23.2 Å². The molecule has 0 radical (unpaired) electrons. The van der Waals surface area contributed by atoms with Crippen LogP contribution in [0.15, 0.2) is 54.6 Å². The Morgan fingerprint density at radius 1 is 1.00 bits per heavy atom. The molecule has 0 aliphatic carbocycles. The molecule has 2 N–H and O–H groups in total. The number of carbonyl (C=O) groups is 2. The van der Waals surface area contributed by atoms with Crippen LogP contribution in [0.5, 0.6) is 0 Å². The van der Waals surface area contributed by atoms with Crippen molar-refractivity contribution in [3.63, 3.8) is 0 Å². The fraction of sp³-hybridized carbons (Fsp3) is 0.100. The van der Waals surface area contributed by atoms with Crippen LogP contribution in [-0.4, -0.2) is 29.0 Å². The highest BCUT2D eigenvalue weighted by molar-refractivity contribution is 6.03. The average Bonchev–Trinajstić information content (AvgIpc) is 2.69. The zero-order valence-corrected chi connectivity index (χ0v) is 15.2. The first-order chi connectivity index (χ1) is 13.5. The third kappa shape index (κ3) is 4.29. The van der Waals surface area contributed by atoms with E-state index in [0.29, 0.717) is 22.9 Å². The summed E-state index contributed by atoms with van der Waals surface area (Å²) < 4.78 is 18.5. The van der Waals surface area contributed by atoms with Gasteiger partial charge in [-0.1, -0.05) is 24.3 Å². The lowest BCUT2D eigenvalue weighted by Crippen LogP contribution is -2.16. The van der Waals surface area contributed by atoms with E-state index in [-0.39, 0.29) is 11.4 Å². The van der Waals surface area contributed by atoms with Gasteiger partial charge in [0.15, 0.2) is 0 Å². The van der Waals surface area contributed by atoms with Gasteiger partial charge < -0.3 is 15.4 Å². The SMILES string of the molecule is COC(=O)c1ccccc1Nc1cc(C(=O)Nc2ccccc2F)nc(C)n1. The zero-order chi connectivity index (χ0) is 20.1. The molecule has 0 spiro atoms. The van der Waals surface area contributed by atoms with Crippen LogP contribution in [0.3, 0.4) is 0 Å². The average molecular weight is 380 g/mol. The number of nitrogens with zero attached hydrogens (tertiary/aromatic N) is 2. The Labute approximate surface area is 160 Å². The highest BCUT2D eigenvalue weighted by Crippen LogP contribution is 2.21. The third-order valence-electron chi connectivity index (χ3n) is 3.79. The summed E-state index contributed by atoms with van der Waals surface area (Å²) >= 11 is 0. The van der Waals surface area contributed by atoms with Crippen molar-refractivity contribution in [1.82, 2.24) is 9.97 Å². The van der Waals surface area contributed by atoms with Crippen LogP contribution in [0.4, 0.5) is 21.6 Å². The van der Waals surface area contributed by atoms with Gasteiger partial charge in [-0.25, -0.2) is 19.2 Å².